The van der Waals surface area contributed by atoms with E-state index in [4.69, 9.17) is 14.6 Å². The summed E-state index contributed by atoms with van der Waals surface area (Å²) in [5.74, 6) is -1.05. The lowest BCUT2D eigenvalue weighted by Gasteiger charge is -2.33. The van der Waals surface area contributed by atoms with Gasteiger partial charge in [0.1, 0.15) is 0 Å². The van der Waals surface area contributed by atoms with E-state index in [2.05, 4.69) is 11.8 Å². The van der Waals surface area contributed by atoms with Crippen LogP contribution >= 0.6 is 0 Å². The second-order valence-electron chi connectivity index (χ2n) is 5.76. The van der Waals surface area contributed by atoms with Gasteiger partial charge in [-0.2, -0.15) is 0 Å². The molecule has 0 aromatic heterocycles. The van der Waals surface area contributed by atoms with Crippen molar-refractivity contribution in [3.63, 3.8) is 0 Å². The number of carboxylic acid groups (broad SMARTS) is 1. The van der Waals surface area contributed by atoms with Gasteiger partial charge in [0.2, 0.25) is 0 Å². The van der Waals surface area contributed by atoms with Crippen molar-refractivity contribution in [2.45, 2.75) is 45.6 Å². The molecule has 5 nitrogen and oxygen atoms in total. The van der Waals surface area contributed by atoms with Crippen LogP contribution in [0.4, 0.5) is 0 Å². The summed E-state index contributed by atoms with van der Waals surface area (Å²) in [6.07, 6.45) is 4.86. The van der Waals surface area contributed by atoms with Crippen molar-refractivity contribution >= 4 is 11.9 Å². The predicted octanol–water partition coefficient (Wildman–Crippen LogP) is 3.20. The number of carbonyl (C=O) groups excluding carboxylic acids is 1. The number of carbonyl (C=O) groups is 2. The van der Waals surface area contributed by atoms with Crippen LogP contribution in [0.1, 0.15) is 49.9 Å². The minimum Gasteiger partial charge on any atom is -0.481 e. The lowest BCUT2D eigenvalue weighted by atomic mass is 10.0. The van der Waals surface area contributed by atoms with E-state index in [9.17, 15) is 4.79 Å². The van der Waals surface area contributed by atoms with Crippen molar-refractivity contribution in [2.24, 2.45) is 0 Å². The van der Waals surface area contributed by atoms with Crippen LogP contribution in [0.25, 0.3) is 0 Å². The second-order valence-corrected chi connectivity index (χ2v) is 5.76. The maximum atomic E-state index is 11.7. The first-order chi connectivity index (χ1) is 11.0. The third-order valence-electron chi connectivity index (χ3n) is 3.77. The van der Waals surface area contributed by atoms with E-state index in [1.807, 2.05) is 18.2 Å². The number of likely N-dealkylation sites (tertiary alicyclic amines) is 1. The third-order valence-corrected chi connectivity index (χ3v) is 3.77. The molecule has 0 radical (unpaired) electrons. The molecule has 0 spiro atoms. The summed E-state index contributed by atoms with van der Waals surface area (Å²) in [5, 5.41) is 7.42. The van der Waals surface area contributed by atoms with Gasteiger partial charge in [-0.1, -0.05) is 24.6 Å². The van der Waals surface area contributed by atoms with Crippen LogP contribution in [0.15, 0.2) is 30.3 Å². The summed E-state index contributed by atoms with van der Waals surface area (Å²) < 4.78 is 5.29. The van der Waals surface area contributed by atoms with Crippen molar-refractivity contribution < 1.29 is 19.4 Å². The number of ether oxygens (including phenoxy) is 1. The number of esters is 1. The quantitative estimate of drug-likeness (QED) is 0.666. The van der Waals surface area contributed by atoms with Crippen molar-refractivity contribution in [2.75, 3.05) is 19.7 Å². The van der Waals surface area contributed by atoms with E-state index in [-0.39, 0.29) is 5.97 Å². The van der Waals surface area contributed by atoms with Gasteiger partial charge in [0.05, 0.1) is 12.2 Å². The molecule has 1 atom stereocenters. The summed E-state index contributed by atoms with van der Waals surface area (Å²) in [4.78, 5) is 23.2. The van der Waals surface area contributed by atoms with E-state index in [0.29, 0.717) is 18.2 Å². The van der Waals surface area contributed by atoms with E-state index >= 15 is 0 Å². The molecule has 1 aromatic rings. The largest absolute Gasteiger partial charge is 0.481 e. The van der Waals surface area contributed by atoms with Crippen LogP contribution in [0, 0.1) is 0 Å². The Bertz CT molecular complexity index is 471. The van der Waals surface area contributed by atoms with Gasteiger partial charge in [-0.3, -0.25) is 4.79 Å². The molecule has 0 amide bonds. The Balaban J connectivity index is 0.000000593. The molecule has 1 N–H and O–H groups in total. The molecule has 1 aromatic carbocycles. The molecular weight excluding hydrogens is 294 g/mol. The number of hydrogen-bond acceptors (Lipinski definition) is 4. The number of benzene rings is 1. The van der Waals surface area contributed by atoms with Crippen LogP contribution in [-0.2, 0) is 9.53 Å². The minimum absolute atomic E-state index is 0.215. The predicted molar refractivity (Wildman–Crippen MR) is 89.5 cm³/mol. The van der Waals surface area contributed by atoms with E-state index in [0.717, 1.165) is 19.9 Å². The Morgan fingerprint density at radius 2 is 1.91 bits per heavy atom. The molecule has 5 heteroatoms. The molecule has 1 saturated heterocycles. The molecule has 23 heavy (non-hydrogen) atoms. The van der Waals surface area contributed by atoms with Crippen molar-refractivity contribution in [1.29, 1.82) is 0 Å². The molecule has 1 aliphatic heterocycles. The van der Waals surface area contributed by atoms with Crippen molar-refractivity contribution in [1.82, 2.24) is 4.90 Å². The maximum Gasteiger partial charge on any atom is 0.338 e. The van der Waals surface area contributed by atoms with Gasteiger partial charge >= 0.3 is 5.97 Å². The highest BCUT2D eigenvalue weighted by molar-refractivity contribution is 5.89. The molecule has 1 aliphatic rings. The highest BCUT2D eigenvalue weighted by atomic mass is 16.5. The van der Waals surface area contributed by atoms with Crippen molar-refractivity contribution in [3.8, 4) is 0 Å². The van der Waals surface area contributed by atoms with Gasteiger partial charge in [-0.05, 0) is 44.9 Å². The van der Waals surface area contributed by atoms with E-state index in [1.54, 1.807) is 12.1 Å². The van der Waals surface area contributed by atoms with Crippen LogP contribution < -0.4 is 0 Å². The Morgan fingerprint density at radius 1 is 1.26 bits per heavy atom. The maximum absolute atomic E-state index is 11.7. The zero-order valence-electron chi connectivity index (χ0n) is 14.0. The van der Waals surface area contributed by atoms with Crippen LogP contribution in [-0.4, -0.2) is 47.7 Å². The van der Waals surface area contributed by atoms with Crippen LogP contribution in [0.3, 0.4) is 0 Å². The monoisotopic (exact) mass is 321 g/mol. The summed E-state index contributed by atoms with van der Waals surface area (Å²) >= 11 is 0. The van der Waals surface area contributed by atoms with Crippen LogP contribution in [0.2, 0.25) is 0 Å². The summed E-state index contributed by atoms with van der Waals surface area (Å²) in [6, 6.07) is 9.86. The van der Waals surface area contributed by atoms with Gasteiger partial charge in [0.15, 0.2) is 0 Å². The summed E-state index contributed by atoms with van der Waals surface area (Å²) in [7, 11) is 0. The topological polar surface area (TPSA) is 66.8 Å². The fourth-order valence-corrected chi connectivity index (χ4v) is 2.58. The standard InChI is InChI=1S/C16H23NO2.C2H4O2/c1-14-8-5-6-11-17(14)12-7-13-19-16(18)15-9-3-2-4-10-15;1-2(3)4/h2-4,9-10,14H,5-8,11-13H2,1H3;1H3,(H,3,4). The molecule has 1 heterocycles. The first-order valence-electron chi connectivity index (χ1n) is 8.16. The molecule has 128 valence electrons. The fraction of sp³-hybridized carbons (Fsp3) is 0.556. The molecule has 1 fully saturated rings. The number of nitrogens with zero attached hydrogens (tertiary/aromatic N) is 1. The average molecular weight is 321 g/mol. The first kappa shape index (κ1) is 19.2. The highest BCUT2D eigenvalue weighted by Crippen LogP contribution is 2.16. The smallest absolute Gasteiger partial charge is 0.338 e. The second kappa shape index (κ2) is 10.8. The van der Waals surface area contributed by atoms with Crippen molar-refractivity contribution in [3.05, 3.63) is 35.9 Å². The van der Waals surface area contributed by atoms with Gasteiger partial charge < -0.3 is 14.7 Å². The third kappa shape index (κ3) is 8.35. The zero-order chi connectivity index (χ0) is 17.1. The highest BCUT2D eigenvalue weighted by Gasteiger charge is 2.17. The number of piperidine rings is 1. The lowest BCUT2D eigenvalue weighted by molar-refractivity contribution is -0.134. The number of rotatable bonds is 5. The number of carboxylic acids is 1. The fourth-order valence-electron chi connectivity index (χ4n) is 2.58. The van der Waals surface area contributed by atoms with Gasteiger partial charge in [0, 0.05) is 19.5 Å². The molecule has 2 rings (SSSR count). The Morgan fingerprint density at radius 3 is 2.52 bits per heavy atom. The Hall–Kier alpha value is -1.88. The minimum atomic E-state index is -0.833. The van der Waals surface area contributed by atoms with E-state index in [1.165, 1.54) is 25.8 Å². The molecule has 0 bridgehead atoms. The summed E-state index contributed by atoms with van der Waals surface area (Å²) in [5.41, 5.74) is 0.633. The average Bonchev–Trinajstić information content (AvgIpc) is 2.53. The number of hydrogen-bond donors (Lipinski definition) is 1. The first-order valence-corrected chi connectivity index (χ1v) is 8.16. The van der Waals surface area contributed by atoms with Gasteiger partial charge in [-0.15, -0.1) is 0 Å². The zero-order valence-corrected chi connectivity index (χ0v) is 14.0. The normalized spacial score (nSPS) is 17.7. The molecule has 1 unspecified atom stereocenters. The lowest BCUT2D eigenvalue weighted by Crippen LogP contribution is -2.38. The van der Waals surface area contributed by atoms with E-state index < -0.39 is 5.97 Å². The Labute approximate surface area is 138 Å². The van der Waals surface area contributed by atoms with Crippen LogP contribution in [0.5, 0.6) is 0 Å². The molecule has 0 saturated carbocycles. The Kier molecular flexibility index (Phi) is 8.98. The SMILES string of the molecule is CC(=O)O.CC1CCCCN1CCCOC(=O)c1ccccc1. The van der Waals surface area contributed by atoms with Gasteiger partial charge in [-0.25, -0.2) is 4.79 Å². The number of aliphatic carboxylic acids is 1. The molecule has 0 aliphatic carbocycles. The molecular formula is C18H27NO4. The van der Waals surface area contributed by atoms with Gasteiger partial charge in [0.25, 0.3) is 5.97 Å². The summed E-state index contributed by atoms with van der Waals surface area (Å²) in [6.45, 7) is 6.10.